The van der Waals surface area contributed by atoms with Crippen molar-refractivity contribution in [3.05, 3.63) is 0 Å². The number of halogens is 1. The highest BCUT2D eigenvalue weighted by Crippen LogP contribution is 2.15. The minimum Gasteiger partial charge on any atom is -0.395 e. The summed E-state index contributed by atoms with van der Waals surface area (Å²) in [5, 5.41) is 8.80. The topological polar surface area (TPSA) is 23.5 Å². The zero-order valence-electron chi connectivity index (χ0n) is 8.09. The molecule has 1 rings (SSSR count). The van der Waals surface area contributed by atoms with Gasteiger partial charge in [-0.2, -0.15) is 0 Å². The van der Waals surface area contributed by atoms with Gasteiger partial charge in [-0.1, -0.05) is 13.8 Å². The minimum atomic E-state index is -0.295. The lowest BCUT2D eigenvalue weighted by atomic mass is 10.2. The minimum absolute atomic E-state index is 0.181. The van der Waals surface area contributed by atoms with Crippen LogP contribution in [0.2, 0.25) is 0 Å². The van der Waals surface area contributed by atoms with Gasteiger partial charge in [0.05, 0.1) is 6.61 Å². The van der Waals surface area contributed by atoms with E-state index < -0.39 is 0 Å². The maximum absolute atomic E-state index is 11.8. The third kappa shape index (κ3) is 3.50. The molecule has 0 aromatic heterocycles. The molecule has 1 N–H and O–H groups in total. The summed E-state index contributed by atoms with van der Waals surface area (Å²) in [6.45, 7) is 5.33. The molecular formula is C9H20FNO. The Labute approximate surface area is 74.4 Å². The van der Waals surface area contributed by atoms with Crippen LogP contribution in [0.4, 0.5) is 4.39 Å². The summed E-state index contributed by atoms with van der Waals surface area (Å²) in [4.78, 5) is 2.01. The van der Waals surface area contributed by atoms with E-state index in [1.807, 2.05) is 18.7 Å². The molecule has 1 aliphatic heterocycles. The van der Waals surface area contributed by atoms with Crippen molar-refractivity contribution < 1.29 is 9.50 Å². The van der Waals surface area contributed by atoms with Crippen LogP contribution in [0.1, 0.15) is 26.7 Å². The molecule has 0 bridgehead atoms. The van der Waals surface area contributed by atoms with Crippen molar-refractivity contribution in [1.29, 1.82) is 0 Å². The second-order valence-corrected chi connectivity index (χ2v) is 2.70. The summed E-state index contributed by atoms with van der Waals surface area (Å²) in [5.74, 6) is 0. The van der Waals surface area contributed by atoms with Crippen LogP contribution in [-0.2, 0) is 0 Å². The molecule has 12 heavy (non-hydrogen) atoms. The van der Waals surface area contributed by atoms with Gasteiger partial charge in [0.1, 0.15) is 6.67 Å². The van der Waals surface area contributed by atoms with E-state index in [0.29, 0.717) is 6.54 Å². The first kappa shape index (κ1) is 11.8. The molecule has 0 aromatic rings. The van der Waals surface area contributed by atoms with E-state index in [2.05, 4.69) is 0 Å². The fraction of sp³-hybridized carbons (Fsp3) is 1.00. The van der Waals surface area contributed by atoms with Gasteiger partial charge >= 0.3 is 0 Å². The maximum Gasteiger partial charge on any atom is 0.102 e. The molecule has 0 aliphatic carbocycles. The molecular weight excluding hydrogens is 157 g/mol. The Morgan fingerprint density at radius 3 is 2.67 bits per heavy atom. The Morgan fingerprint density at radius 1 is 1.50 bits per heavy atom. The van der Waals surface area contributed by atoms with Crippen LogP contribution >= 0.6 is 0 Å². The standard InChI is InChI=1S/C7H14FNO.C2H6/c8-3-5-9-4-1-2-7(9)6-10;1-2/h7,10H,1-6H2;1-2H3. The van der Waals surface area contributed by atoms with Crippen molar-refractivity contribution in [2.75, 3.05) is 26.4 Å². The predicted molar refractivity (Wildman–Crippen MR) is 49.0 cm³/mol. The number of rotatable bonds is 3. The number of aliphatic hydroxyl groups is 1. The van der Waals surface area contributed by atoms with Gasteiger partial charge in [0.25, 0.3) is 0 Å². The molecule has 3 heteroatoms. The van der Waals surface area contributed by atoms with Crippen LogP contribution in [0.15, 0.2) is 0 Å². The average molecular weight is 177 g/mol. The molecule has 1 aliphatic rings. The molecule has 1 heterocycles. The normalized spacial score (nSPS) is 23.5. The van der Waals surface area contributed by atoms with Gasteiger partial charge in [-0.25, -0.2) is 4.39 Å². The van der Waals surface area contributed by atoms with Crippen molar-refractivity contribution in [2.45, 2.75) is 32.7 Å². The number of alkyl halides is 1. The summed E-state index contributed by atoms with van der Waals surface area (Å²) in [6, 6.07) is 0.232. The summed E-state index contributed by atoms with van der Waals surface area (Å²) in [7, 11) is 0. The molecule has 2 nitrogen and oxygen atoms in total. The summed E-state index contributed by atoms with van der Waals surface area (Å²) in [6.07, 6.45) is 2.13. The van der Waals surface area contributed by atoms with Crippen LogP contribution in [0.25, 0.3) is 0 Å². The zero-order chi connectivity index (χ0) is 9.40. The van der Waals surface area contributed by atoms with Crippen LogP contribution in [-0.4, -0.2) is 42.4 Å². The molecule has 0 amide bonds. The van der Waals surface area contributed by atoms with Crippen LogP contribution < -0.4 is 0 Å². The monoisotopic (exact) mass is 177 g/mol. The van der Waals surface area contributed by atoms with Gasteiger partial charge in [-0.3, -0.25) is 4.90 Å². The molecule has 0 radical (unpaired) electrons. The quantitative estimate of drug-likeness (QED) is 0.705. The van der Waals surface area contributed by atoms with Crippen molar-refractivity contribution in [3.8, 4) is 0 Å². The predicted octanol–water partition coefficient (Wildman–Crippen LogP) is 1.44. The van der Waals surface area contributed by atoms with E-state index in [1.54, 1.807) is 0 Å². The number of hydrogen-bond donors (Lipinski definition) is 1. The van der Waals surface area contributed by atoms with Crippen molar-refractivity contribution in [2.24, 2.45) is 0 Å². The van der Waals surface area contributed by atoms with Crippen LogP contribution in [0.3, 0.4) is 0 Å². The number of nitrogens with zero attached hydrogens (tertiary/aromatic N) is 1. The van der Waals surface area contributed by atoms with Gasteiger partial charge in [-0.15, -0.1) is 0 Å². The Balaban J connectivity index is 0.000000561. The Kier molecular flexibility index (Phi) is 7.40. The summed E-state index contributed by atoms with van der Waals surface area (Å²) < 4.78 is 11.8. The lowest BCUT2D eigenvalue weighted by molar-refractivity contribution is 0.151. The third-order valence-corrected chi connectivity index (χ3v) is 2.08. The third-order valence-electron chi connectivity index (χ3n) is 2.08. The van der Waals surface area contributed by atoms with Crippen LogP contribution in [0, 0.1) is 0 Å². The van der Waals surface area contributed by atoms with Gasteiger partial charge in [0, 0.05) is 12.6 Å². The fourth-order valence-corrected chi connectivity index (χ4v) is 1.50. The van der Waals surface area contributed by atoms with E-state index in [-0.39, 0.29) is 19.3 Å². The summed E-state index contributed by atoms with van der Waals surface area (Å²) >= 11 is 0. The van der Waals surface area contributed by atoms with Gasteiger partial charge < -0.3 is 5.11 Å². The Morgan fingerprint density at radius 2 is 2.17 bits per heavy atom. The first-order valence-electron chi connectivity index (χ1n) is 4.79. The molecule has 0 spiro atoms. The lowest BCUT2D eigenvalue weighted by Crippen LogP contribution is -2.33. The van der Waals surface area contributed by atoms with E-state index in [4.69, 9.17) is 5.11 Å². The molecule has 0 saturated carbocycles. The molecule has 1 saturated heterocycles. The number of likely N-dealkylation sites (tertiary alicyclic amines) is 1. The Hall–Kier alpha value is -0.150. The van der Waals surface area contributed by atoms with Crippen molar-refractivity contribution in [1.82, 2.24) is 4.90 Å². The lowest BCUT2D eigenvalue weighted by Gasteiger charge is -2.20. The SMILES string of the molecule is CC.OCC1CCCN1CCF. The molecule has 1 fully saturated rings. The van der Waals surface area contributed by atoms with Gasteiger partial charge in [-0.05, 0) is 19.4 Å². The molecule has 0 aromatic carbocycles. The highest BCUT2D eigenvalue weighted by molar-refractivity contribution is 4.77. The van der Waals surface area contributed by atoms with Gasteiger partial charge in [0.15, 0.2) is 0 Å². The van der Waals surface area contributed by atoms with E-state index in [9.17, 15) is 4.39 Å². The van der Waals surface area contributed by atoms with Crippen molar-refractivity contribution >= 4 is 0 Å². The highest BCUT2D eigenvalue weighted by atomic mass is 19.1. The first-order valence-corrected chi connectivity index (χ1v) is 4.79. The highest BCUT2D eigenvalue weighted by Gasteiger charge is 2.22. The second kappa shape index (κ2) is 7.50. The van der Waals surface area contributed by atoms with E-state index in [0.717, 1.165) is 19.4 Å². The van der Waals surface area contributed by atoms with Crippen LogP contribution in [0.5, 0.6) is 0 Å². The maximum atomic E-state index is 11.8. The smallest absolute Gasteiger partial charge is 0.102 e. The number of hydrogen-bond acceptors (Lipinski definition) is 2. The molecule has 1 unspecified atom stereocenters. The average Bonchev–Trinajstić information content (AvgIpc) is 2.56. The molecule has 74 valence electrons. The largest absolute Gasteiger partial charge is 0.395 e. The number of aliphatic hydroxyl groups excluding tert-OH is 1. The Bertz CT molecular complexity index is 101. The molecule has 1 atom stereocenters. The van der Waals surface area contributed by atoms with Gasteiger partial charge in [0.2, 0.25) is 0 Å². The first-order chi connectivity index (χ1) is 5.88. The zero-order valence-corrected chi connectivity index (χ0v) is 8.09. The fourth-order valence-electron chi connectivity index (χ4n) is 1.50. The summed E-state index contributed by atoms with van der Waals surface area (Å²) in [5.41, 5.74) is 0. The van der Waals surface area contributed by atoms with E-state index >= 15 is 0 Å². The second-order valence-electron chi connectivity index (χ2n) is 2.70. The van der Waals surface area contributed by atoms with E-state index in [1.165, 1.54) is 0 Å². The van der Waals surface area contributed by atoms with Crippen molar-refractivity contribution in [3.63, 3.8) is 0 Å².